The van der Waals surface area contributed by atoms with Crippen LogP contribution in [-0.4, -0.2) is 62.5 Å². The second kappa shape index (κ2) is 11.5. The molecule has 0 radical (unpaired) electrons. The molecule has 0 bridgehead atoms. The Morgan fingerprint density at radius 3 is 2.56 bits per heavy atom. The highest BCUT2D eigenvalue weighted by Crippen LogP contribution is 2.27. The van der Waals surface area contributed by atoms with Crippen molar-refractivity contribution in [1.29, 1.82) is 0 Å². The van der Waals surface area contributed by atoms with Crippen LogP contribution in [0.1, 0.15) is 44.7 Å². The molecule has 0 aliphatic carbocycles. The highest BCUT2D eigenvalue weighted by molar-refractivity contribution is 6.99. The summed E-state index contributed by atoms with van der Waals surface area (Å²) >= 11 is 1.25. The molecule has 9 heteroatoms. The lowest BCUT2D eigenvalue weighted by molar-refractivity contribution is -0.159. The first kappa shape index (κ1) is 21.0. The lowest BCUT2D eigenvalue weighted by Crippen LogP contribution is -2.25. The molecule has 1 aromatic rings. The number of hydrogen-bond donors (Lipinski definition) is 2. The summed E-state index contributed by atoms with van der Waals surface area (Å²) in [5.41, 5.74) is 2.21. The minimum Gasteiger partial charge on any atom is -0.475 e. The Labute approximate surface area is 151 Å². The molecule has 2 rings (SSSR count). The number of rotatable bonds is 7. The molecule has 0 amide bonds. The Bertz CT molecular complexity index is 576. The highest BCUT2D eigenvalue weighted by atomic mass is 32.1. The number of carbonyl (C=O) groups is 2. The minimum absolute atomic E-state index is 0.725. The van der Waals surface area contributed by atoms with Gasteiger partial charge in [-0.2, -0.15) is 4.37 Å². The minimum atomic E-state index is -1.82. The maximum atomic E-state index is 9.10. The van der Waals surface area contributed by atoms with E-state index in [2.05, 4.69) is 33.7 Å². The Morgan fingerprint density at radius 2 is 1.96 bits per heavy atom. The molecule has 2 heterocycles. The molecule has 1 aliphatic rings. The lowest BCUT2D eigenvalue weighted by Gasteiger charge is -2.22. The fraction of sp³-hybridized carbons (Fsp3) is 0.625. The van der Waals surface area contributed by atoms with Gasteiger partial charge in [0.1, 0.15) is 5.69 Å². The second-order valence-electron chi connectivity index (χ2n) is 5.69. The van der Waals surface area contributed by atoms with Gasteiger partial charge in [-0.15, -0.1) is 4.37 Å². The van der Waals surface area contributed by atoms with Gasteiger partial charge in [0.05, 0.1) is 18.3 Å². The van der Waals surface area contributed by atoms with Gasteiger partial charge >= 0.3 is 11.9 Å². The molecule has 2 N–H and O–H groups in total. The molecule has 0 saturated heterocycles. The quantitative estimate of drug-likeness (QED) is 0.555. The zero-order valence-electron chi connectivity index (χ0n) is 14.6. The number of likely N-dealkylation sites (N-methyl/N-ethyl adjacent to an activating group) is 1. The van der Waals surface area contributed by atoms with Gasteiger partial charge in [0.15, 0.2) is 0 Å². The number of ether oxygens (including phenoxy) is 1. The Hall–Kier alpha value is -2.00. The average Bonchev–Trinajstić information content (AvgIpc) is 3.03. The van der Waals surface area contributed by atoms with Crippen LogP contribution in [0.4, 0.5) is 0 Å². The van der Waals surface area contributed by atoms with Crippen LogP contribution in [0.15, 0.2) is 6.08 Å². The van der Waals surface area contributed by atoms with Gasteiger partial charge in [-0.1, -0.05) is 32.3 Å². The van der Waals surface area contributed by atoms with Crippen molar-refractivity contribution in [3.05, 3.63) is 11.8 Å². The Morgan fingerprint density at radius 1 is 1.24 bits per heavy atom. The van der Waals surface area contributed by atoms with Gasteiger partial charge in [-0.3, -0.25) is 0 Å². The summed E-state index contributed by atoms with van der Waals surface area (Å²) in [4.78, 5) is 20.5. The SMILES string of the molecule is CCCCCCOc1nsnc1C1=CCCN(C)C1.O=C(O)C(=O)O. The zero-order chi connectivity index (χ0) is 18.7. The molecule has 25 heavy (non-hydrogen) atoms. The summed E-state index contributed by atoms with van der Waals surface area (Å²) < 4.78 is 14.5. The molecular formula is C16H25N3O5S. The van der Waals surface area contributed by atoms with Crippen LogP contribution in [-0.2, 0) is 9.59 Å². The van der Waals surface area contributed by atoms with Gasteiger partial charge in [0, 0.05) is 13.1 Å². The van der Waals surface area contributed by atoms with Crippen molar-refractivity contribution < 1.29 is 24.5 Å². The normalized spacial score (nSPS) is 14.2. The van der Waals surface area contributed by atoms with E-state index >= 15 is 0 Å². The van der Waals surface area contributed by atoms with Crippen molar-refractivity contribution in [3.8, 4) is 5.88 Å². The van der Waals surface area contributed by atoms with Crippen molar-refractivity contribution >= 4 is 29.2 Å². The first-order chi connectivity index (χ1) is 12.0. The summed E-state index contributed by atoms with van der Waals surface area (Å²) in [5.74, 6) is -2.92. The Kier molecular flexibility index (Phi) is 9.71. The molecule has 0 unspecified atom stereocenters. The van der Waals surface area contributed by atoms with Crippen molar-refractivity contribution in [1.82, 2.24) is 13.6 Å². The average molecular weight is 371 g/mol. The predicted octanol–water partition coefficient (Wildman–Crippen LogP) is 2.37. The number of aliphatic carboxylic acids is 2. The van der Waals surface area contributed by atoms with Crippen molar-refractivity contribution in [3.63, 3.8) is 0 Å². The van der Waals surface area contributed by atoms with Crippen molar-refractivity contribution in [2.75, 3.05) is 26.7 Å². The van der Waals surface area contributed by atoms with E-state index in [9.17, 15) is 0 Å². The first-order valence-electron chi connectivity index (χ1n) is 8.25. The van der Waals surface area contributed by atoms with Crippen LogP contribution in [0.25, 0.3) is 5.57 Å². The third-order valence-corrected chi connectivity index (χ3v) is 4.04. The lowest BCUT2D eigenvalue weighted by atomic mass is 10.1. The van der Waals surface area contributed by atoms with Crippen molar-refractivity contribution in [2.24, 2.45) is 0 Å². The van der Waals surface area contributed by atoms with Crippen LogP contribution in [0.2, 0.25) is 0 Å². The number of nitrogens with zero attached hydrogens (tertiary/aromatic N) is 3. The molecule has 0 fully saturated rings. The standard InChI is InChI=1S/C14H23N3OS.C2H2O4/c1-3-4-5-6-10-18-14-13(15-19-16-14)12-8-7-9-17(2)11-12;3-1(4)2(5)6/h8H,3-7,9-11H2,1-2H3;(H,3,4)(H,5,6). The number of hydrogen-bond acceptors (Lipinski definition) is 7. The maximum Gasteiger partial charge on any atom is 0.414 e. The fourth-order valence-corrected chi connectivity index (χ4v) is 2.77. The van der Waals surface area contributed by atoms with E-state index in [1.165, 1.54) is 36.6 Å². The molecule has 8 nitrogen and oxygen atoms in total. The van der Waals surface area contributed by atoms with E-state index in [1.807, 2.05) is 0 Å². The predicted molar refractivity (Wildman–Crippen MR) is 94.9 cm³/mol. The summed E-state index contributed by atoms with van der Waals surface area (Å²) in [7, 11) is 2.14. The summed E-state index contributed by atoms with van der Waals surface area (Å²) in [5, 5.41) is 14.8. The summed E-state index contributed by atoms with van der Waals surface area (Å²) in [6.07, 6.45) is 8.21. The second-order valence-corrected chi connectivity index (χ2v) is 6.22. The molecule has 0 aromatic carbocycles. The van der Waals surface area contributed by atoms with E-state index < -0.39 is 11.9 Å². The van der Waals surface area contributed by atoms with Gasteiger partial charge in [0.25, 0.3) is 5.88 Å². The zero-order valence-corrected chi connectivity index (χ0v) is 15.4. The van der Waals surface area contributed by atoms with E-state index in [0.717, 1.165) is 44.1 Å². The number of carboxylic acid groups (broad SMARTS) is 2. The van der Waals surface area contributed by atoms with Crippen molar-refractivity contribution in [2.45, 2.75) is 39.0 Å². The maximum absolute atomic E-state index is 9.10. The monoisotopic (exact) mass is 371 g/mol. The number of unbranched alkanes of at least 4 members (excludes halogenated alkanes) is 3. The number of aromatic nitrogens is 2. The first-order valence-corrected chi connectivity index (χ1v) is 8.98. The number of carboxylic acids is 2. The largest absolute Gasteiger partial charge is 0.475 e. The van der Waals surface area contributed by atoms with E-state index in [-0.39, 0.29) is 0 Å². The van der Waals surface area contributed by atoms with Gasteiger partial charge < -0.3 is 19.8 Å². The van der Waals surface area contributed by atoms with E-state index in [1.54, 1.807) is 0 Å². The topological polar surface area (TPSA) is 113 Å². The van der Waals surface area contributed by atoms with E-state index in [0.29, 0.717) is 0 Å². The Balaban J connectivity index is 0.000000450. The highest BCUT2D eigenvalue weighted by Gasteiger charge is 2.18. The molecule has 140 valence electrons. The fourth-order valence-electron chi connectivity index (χ4n) is 2.23. The summed E-state index contributed by atoms with van der Waals surface area (Å²) in [6.45, 7) is 5.03. The molecule has 1 aromatic heterocycles. The third kappa shape index (κ3) is 8.08. The van der Waals surface area contributed by atoms with Crippen LogP contribution in [0, 0.1) is 0 Å². The smallest absolute Gasteiger partial charge is 0.414 e. The van der Waals surface area contributed by atoms with Gasteiger partial charge in [0.2, 0.25) is 0 Å². The third-order valence-electron chi connectivity index (χ3n) is 3.52. The molecule has 0 saturated carbocycles. The van der Waals surface area contributed by atoms with Gasteiger partial charge in [-0.25, -0.2) is 9.59 Å². The van der Waals surface area contributed by atoms with Gasteiger partial charge in [-0.05, 0) is 25.5 Å². The molecule has 0 spiro atoms. The van der Waals surface area contributed by atoms with E-state index in [4.69, 9.17) is 24.5 Å². The summed E-state index contributed by atoms with van der Waals surface area (Å²) in [6, 6.07) is 0. The van der Waals surface area contributed by atoms with Crippen LogP contribution >= 0.6 is 11.7 Å². The van der Waals surface area contributed by atoms with Crippen LogP contribution in [0.5, 0.6) is 5.88 Å². The van der Waals surface area contributed by atoms with Crippen LogP contribution < -0.4 is 4.74 Å². The molecule has 1 aliphatic heterocycles. The molecular weight excluding hydrogens is 346 g/mol. The van der Waals surface area contributed by atoms with Crippen LogP contribution in [0.3, 0.4) is 0 Å². The molecule has 0 atom stereocenters.